The van der Waals surface area contributed by atoms with E-state index in [1.165, 1.54) is 25.0 Å². The molecule has 5 atom stereocenters. The molecule has 0 unspecified atom stereocenters. The van der Waals surface area contributed by atoms with Crippen LogP contribution in [0.3, 0.4) is 0 Å². The van der Waals surface area contributed by atoms with Gasteiger partial charge in [0.1, 0.15) is 0 Å². The molecule has 0 amide bonds. The van der Waals surface area contributed by atoms with E-state index in [4.69, 9.17) is 4.74 Å². The lowest BCUT2D eigenvalue weighted by Crippen LogP contribution is -2.65. The average Bonchev–Trinajstić information content (AvgIpc) is 2.46. The third kappa shape index (κ3) is 1.85. The first-order chi connectivity index (χ1) is 10.6. The Bertz CT molecular complexity index is 655. The average molecular weight is 304 g/mol. The Kier molecular flexibility index (Phi) is 2.94. The second-order valence-corrected chi connectivity index (χ2v) is 6.56. The molecule has 7 heteroatoms. The highest BCUT2D eigenvalue weighted by Gasteiger charge is 2.64. The molecule has 3 fully saturated rings. The Hall–Kier alpha value is -2.02. The summed E-state index contributed by atoms with van der Waals surface area (Å²) in [6.07, 6.45) is 3.92. The van der Waals surface area contributed by atoms with Gasteiger partial charge in [0.2, 0.25) is 0 Å². The van der Waals surface area contributed by atoms with E-state index in [1.54, 1.807) is 0 Å². The number of nitro groups is 2. The normalized spacial score (nSPS) is 34.5. The van der Waals surface area contributed by atoms with Crippen LogP contribution in [0.2, 0.25) is 0 Å². The van der Waals surface area contributed by atoms with Gasteiger partial charge in [-0.2, -0.15) is 0 Å². The zero-order valence-electron chi connectivity index (χ0n) is 11.9. The van der Waals surface area contributed by atoms with Crippen LogP contribution in [-0.4, -0.2) is 16.0 Å². The third-order valence-electron chi connectivity index (χ3n) is 5.79. The number of fused-ring (bicyclic) bond motifs is 4. The van der Waals surface area contributed by atoms with Crippen molar-refractivity contribution >= 4 is 11.4 Å². The molecule has 0 aliphatic heterocycles. The summed E-state index contributed by atoms with van der Waals surface area (Å²) in [6, 6.07) is 3.73. The van der Waals surface area contributed by atoms with Crippen LogP contribution in [0, 0.1) is 43.9 Å². The molecule has 4 rings (SSSR count). The summed E-state index contributed by atoms with van der Waals surface area (Å²) in [5, 5.41) is 21.8. The fraction of sp³-hybridized carbons (Fsp3) is 0.600. The topological polar surface area (TPSA) is 95.5 Å². The van der Waals surface area contributed by atoms with E-state index in [1.807, 2.05) is 0 Å². The van der Waals surface area contributed by atoms with Crippen molar-refractivity contribution < 1.29 is 14.6 Å². The van der Waals surface area contributed by atoms with Crippen molar-refractivity contribution in [2.75, 3.05) is 0 Å². The van der Waals surface area contributed by atoms with Crippen LogP contribution in [-0.2, 0) is 11.3 Å². The quantitative estimate of drug-likeness (QED) is 0.615. The molecule has 0 saturated heterocycles. The van der Waals surface area contributed by atoms with Gasteiger partial charge in [-0.3, -0.25) is 20.2 Å². The van der Waals surface area contributed by atoms with E-state index in [9.17, 15) is 20.2 Å². The van der Waals surface area contributed by atoms with E-state index in [0.717, 1.165) is 30.2 Å². The molecule has 0 N–H and O–H groups in total. The monoisotopic (exact) mass is 304 g/mol. The number of non-ortho nitro benzene ring substituents is 1. The van der Waals surface area contributed by atoms with Gasteiger partial charge in [0.15, 0.2) is 0 Å². The molecule has 0 radical (unpaired) electrons. The minimum Gasteiger partial charge on any atom is -0.373 e. The number of hydrogen-bond donors (Lipinski definition) is 0. The smallest absolute Gasteiger partial charge is 0.281 e. The Morgan fingerprint density at radius 1 is 1.09 bits per heavy atom. The van der Waals surface area contributed by atoms with Gasteiger partial charge in [-0.25, -0.2) is 0 Å². The van der Waals surface area contributed by atoms with Gasteiger partial charge in [0.05, 0.1) is 34.2 Å². The second-order valence-electron chi connectivity index (χ2n) is 6.56. The maximum atomic E-state index is 11.1. The molecule has 7 nitrogen and oxygen atoms in total. The van der Waals surface area contributed by atoms with E-state index in [0.29, 0.717) is 11.5 Å². The first-order valence-corrected chi connectivity index (χ1v) is 7.59. The summed E-state index contributed by atoms with van der Waals surface area (Å²) < 4.78 is 5.87. The van der Waals surface area contributed by atoms with E-state index < -0.39 is 9.85 Å². The molecule has 116 valence electrons. The highest BCUT2D eigenvalue weighted by Crippen LogP contribution is 2.67. The van der Waals surface area contributed by atoms with Crippen LogP contribution in [0.1, 0.15) is 24.8 Å². The molecule has 3 aliphatic rings. The van der Waals surface area contributed by atoms with Gasteiger partial charge in [-0.15, -0.1) is 0 Å². The van der Waals surface area contributed by atoms with Gasteiger partial charge in [0, 0.05) is 6.07 Å². The summed E-state index contributed by atoms with van der Waals surface area (Å²) in [4.78, 5) is 20.6. The number of ether oxygens (including phenoxy) is 1. The number of nitrogens with zero attached hydrogens (tertiary/aromatic N) is 2. The fourth-order valence-electron chi connectivity index (χ4n) is 4.47. The third-order valence-corrected chi connectivity index (χ3v) is 5.79. The molecule has 1 aromatic rings. The zero-order chi connectivity index (χ0) is 15.4. The molecule has 0 bridgehead atoms. The Morgan fingerprint density at radius 2 is 1.86 bits per heavy atom. The van der Waals surface area contributed by atoms with Gasteiger partial charge in [0.25, 0.3) is 11.4 Å². The summed E-state index contributed by atoms with van der Waals surface area (Å²) >= 11 is 0. The first-order valence-electron chi connectivity index (χ1n) is 7.59. The van der Waals surface area contributed by atoms with Crippen LogP contribution < -0.4 is 0 Å². The van der Waals surface area contributed by atoms with Crippen molar-refractivity contribution in [2.24, 2.45) is 23.7 Å². The van der Waals surface area contributed by atoms with Gasteiger partial charge >= 0.3 is 0 Å². The van der Waals surface area contributed by atoms with Crippen LogP contribution in [0.4, 0.5) is 11.4 Å². The molecular formula is C15H16N2O5. The van der Waals surface area contributed by atoms with Crippen LogP contribution in [0.15, 0.2) is 18.2 Å². The number of hydrogen-bond acceptors (Lipinski definition) is 5. The van der Waals surface area contributed by atoms with Crippen LogP contribution >= 0.6 is 0 Å². The number of nitro benzene ring substituents is 2. The van der Waals surface area contributed by atoms with Gasteiger partial charge < -0.3 is 4.74 Å². The SMILES string of the molecule is O=[N+]([O-])c1ccc(CO[C@@H]2C[C@@H]3[C@@H]4CC[C@@H]4[C@H]32)c([N+](=O)[O-])c1. The lowest BCUT2D eigenvalue weighted by molar-refractivity contribution is -0.394. The lowest BCUT2D eigenvalue weighted by Gasteiger charge is -2.68. The molecule has 22 heavy (non-hydrogen) atoms. The molecule has 3 saturated carbocycles. The van der Waals surface area contributed by atoms with Crippen LogP contribution in [0.25, 0.3) is 0 Å². The van der Waals surface area contributed by atoms with Crippen LogP contribution in [0.5, 0.6) is 0 Å². The Morgan fingerprint density at radius 3 is 2.45 bits per heavy atom. The van der Waals surface area contributed by atoms with Gasteiger partial charge in [-0.05, 0) is 49.0 Å². The first kappa shape index (κ1) is 13.6. The van der Waals surface area contributed by atoms with Crippen molar-refractivity contribution in [3.05, 3.63) is 44.0 Å². The Labute approximate surface area is 126 Å². The lowest BCUT2D eigenvalue weighted by atomic mass is 9.38. The summed E-state index contributed by atoms with van der Waals surface area (Å²) in [5.74, 6) is 3.20. The fourth-order valence-corrected chi connectivity index (χ4v) is 4.47. The van der Waals surface area contributed by atoms with Crippen molar-refractivity contribution in [1.29, 1.82) is 0 Å². The van der Waals surface area contributed by atoms with Crippen molar-refractivity contribution in [1.82, 2.24) is 0 Å². The molecule has 0 heterocycles. The zero-order valence-corrected chi connectivity index (χ0v) is 11.9. The highest BCUT2D eigenvalue weighted by atomic mass is 16.6. The molecule has 1 aromatic carbocycles. The van der Waals surface area contributed by atoms with Crippen molar-refractivity contribution in [2.45, 2.75) is 32.0 Å². The second kappa shape index (κ2) is 4.74. The molecule has 3 aliphatic carbocycles. The molecular weight excluding hydrogens is 288 g/mol. The van der Waals surface area contributed by atoms with E-state index >= 15 is 0 Å². The molecule has 0 spiro atoms. The molecule has 0 aromatic heterocycles. The standard InChI is InChI=1S/C15H16N2O5/c18-16(19)9-2-1-8(13(5-9)17(20)21)7-22-14-6-12-10-3-4-11(10)15(12)14/h1-2,5,10-12,14-15H,3-4,6-7H2/t10-,11+,12-,14-,15-/m1/s1. The summed E-state index contributed by atoms with van der Waals surface area (Å²) in [5.41, 5.74) is -0.0980. The Balaban J connectivity index is 1.44. The largest absolute Gasteiger partial charge is 0.373 e. The van der Waals surface area contributed by atoms with E-state index in [2.05, 4.69) is 0 Å². The predicted octanol–water partition coefficient (Wildman–Crippen LogP) is 3.06. The van der Waals surface area contributed by atoms with Gasteiger partial charge in [-0.1, -0.05) is 0 Å². The predicted molar refractivity (Wildman–Crippen MR) is 76.1 cm³/mol. The number of rotatable bonds is 5. The summed E-state index contributed by atoms with van der Waals surface area (Å²) in [7, 11) is 0. The summed E-state index contributed by atoms with van der Waals surface area (Å²) in [6.45, 7) is 0.152. The van der Waals surface area contributed by atoms with Crippen molar-refractivity contribution in [3.8, 4) is 0 Å². The minimum absolute atomic E-state index is 0.152. The highest BCUT2D eigenvalue weighted by molar-refractivity contribution is 5.48. The minimum atomic E-state index is -0.626. The number of benzene rings is 1. The van der Waals surface area contributed by atoms with E-state index in [-0.39, 0.29) is 24.1 Å². The van der Waals surface area contributed by atoms with Crippen molar-refractivity contribution in [3.63, 3.8) is 0 Å². The maximum Gasteiger partial charge on any atom is 0.281 e. The maximum absolute atomic E-state index is 11.1.